The lowest BCUT2D eigenvalue weighted by Crippen LogP contribution is -2.22. The van der Waals surface area contributed by atoms with Gasteiger partial charge in [0.25, 0.3) is 0 Å². The number of nitriles is 1. The molecule has 1 heterocycles. The minimum atomic E-state index is -1.07. The molecule has 0 saturated carbocycles. The van der Waals surface area contributed by atoms with E-state index in [0.717, 1.165) is 16.8 Å². The van der Waals surface area contributed by atoms with Gasteiger partial charge >= 0.3 is 5.97 Å². The summed E-state index contributed by atoms with van der Waals surface area (Å²) in [5, 5.41) is 21.1. The number of aromatic carboxylic acids is 1. The summed E-state index contributed by atoms with van der Waals surface area (Å²) in [7, 11) is 0. The molecule has 30 heavy (non-hydrogen) atoms. The van der Waals surface area contributed by atoms with Crippen LogP contribution in [-0.2, 0) is 4.79 Å². The number of hydrogen-bond donors (Lipinski definition) is 2. The minimum absolute atomic E-state index is 0.0901. The number of hydrogen-bond acceptors (Lipinski definition) is 5. The van der Waals surface area contributed by atoms with Crippen LogP contribution in [0.2, 0.25) is 0 Å². The van der Waals surface area contributed by atoms with Crippen molar-refractivity contribution < 1.29 is 14.7 Å². The summed E-state index contributed by atoms with van der Waals surface area (Å²) >= 11 is 1.18. The third-order valence-electron chi connectivity index (χ3n) is 4.36. The van der Waals surface area contributed by atoms with Crippen LogP contribution in [0.3, 0.4) is 0 Å². The Bertz CT molecular complexity index is 1140. The lowest BCUT2D eigenvalue weighted by atomic mass is 10.1. The lowest BCUT2D eigenvalue weighted by Gasteiger charge is -2.13. The van der Waals surface area contributed by atoms with Crippen LogP contribution < -0.4 is 5.32 Å². The summed E-state index contributed by atoms with van der Waals surface area (Å²) in [6.45, 7) is 3.71. The number of nitrogens with one attached hydrogen (secondary N) is 1. The first-order valence-corrected chi connectivity index (χ1v) is 10.0. The van der Waals surface area contributed by atoms with Crippen molar-refractivity contribution in [3.63, 3.8) is 0 Å². The van der Waals surface area contributed by atoms with Crippen molar-refractivity contribution in [2.45, 2.75) is 24.1 Å². The number of aryl methyl sites for hydroxylation is 1. The topological polar surface area (TPSA) is 103 Å². The Morgan fingerprint density at radius 3 is 2.53 bits per heavy atom. The fourth-order valence-corrected chi connectivity index (χ4v) is 3.59. The molecular weight excluding hydrogens is 398 g/mol. The molecule has 0 radical (unpaired) electrons. The van der Waals surface area contributed by atoms with E-state index in [9.17, 15) is 14.9 Å². The van der Waals surface area contributed by atoms with Crippen LogP contribution in [-0.4, -0.2) is 27.2 Å². The summed E-state index contributed by atoms with van der Waals surface area (Å²) in [5.41, 5.74) is 3.66. The first-order chi connectivity index (χ1) is 14.4. The number of pyridine rings is 1. The Morgan fingerprint density at radius 2 is 1.87 bits per heavy atom. The van der Waals surface area contributed by atoms with Crippen LogP contribution in [0.5, 0.6) is 0 Å². The number of anilines is 1. The molecule has 1 aromatic heterocycles. The third-order valence-corrected chi connectivity index (χ3v) is 5.46. The van der Waals surface area contributed by atoms with Gasteiger partial charge in [-0.25, -0.2) is 9.78 Å². The molecule has 0 aliphatic rings. The van der Waals surface area contributed by atoms with Crippen LogP contribution in [0.1, 0.15) is 28.4 Å². The second-order valence-corrected chi connectivity index (χ2v) is 7.99. The van der Waals surface area contributed by atoms with Crippen LogP contribution in [0.25, 0.3) is 11.3 Å². The van der Waals surface area contributed by atoms with Crippen molar-refractivity contribution >= 4 is 29.3 Å². The molecule has 6 nitrogen and oxygen atoms in total. The normalized spacial score (nSPS) is 11.4. The second-order valence-electron chi connectivity index (χ2n) is 6.66. The molecule has 0 fully saturated rings. The molecule has 7 heteroatoms. The van der Waals surface area contributed by atoms with Gasteiger partial charge in [0, 0.05) is 11.3 Å². The number of nitrogens with zero attached hydrogens (tertiary/aromatic N) is 2. The van der Waals surface area contributed by atoms with Gasteiger partial charge in [0.15, 0.2) is 0 Å². The second kappa shape index (κ2) is 9.25. The van der Waals surface area contributed by atoms with Gasteiger partial charge in [0.1, 0.15) is 11.1 Å². The fraction of sp³-hybridized carbons (Fsp3) is 0.130. The molecule has 3 aromatic rings. The van der Waals surface area contributed by atoms with Crippen LogP contribution in [0.4, 0.5) is 5.69 Å². The highest BCUT2D eigenvalue weighted by Gasteiger charge is 2.19. The maximum atomic E-state index is 12.6. The van der Waals surface area contributed by atoms with Crippen molar-refractivity contribution in [1.29, 1.82) is 5.26 Å². The number of carboxylic acid groups (broad SMARTS) is 1. The fourth-order valence-electron chi connectivity index (χ4n) is 2.70. The maximum Gasteiger partial charge on any atom is 0.335 e. The number of thioether (sulfide) groups is 1. The van der Waals surface area contributed by atoms with E-state index in [2.05, 4.69) is 16.4 Å². The molecule has 3 rings (SSSR count). The third kappa shape index (κ3) is 5.04. The number of carbonyl (C=O) groups excluding carboxylic acids is 1. The lowest BCUT2D eigenvalue weighted by molar-refractivity contribution is -0.115. The molecule has 0 saturated heterocycles. The highest BCUT2D eigenvalue weighted by Crippen LogP contribution is 2.29. The van der Waals surface area contributed by atoms with Gasteiger partial charge in [-0.05, 0) is 44.2 Å². The summed E-state index contributed by atoms with van der Waals surface area (Å²) in [6, 6.07) is 19.5. The molecule has 1 atom stereocenters. The highest BCUT2D eigenvalue weighted by atomic mass is 32.2. The summed E-state index contributed by atoms with van der Waals surface area (Å²) in [5.74, 6) is -1.38. The molecular formula is C23H19N3O3S. The summed E-state index contributed by atoms with van der Waals surface area (Å²) in [4.78, 5) is 28.3. The molecule has 0 aliphatic heterocycles. The first kappa shape index (κ1) is 21.1. The van der Waals surface area contributed by atoms with E-state index in [4.69, 9.17) is 5.11 Å². The smallest absolute Gasteiger partial charge is 0.335 e. The molecule has 150 valence electrons. The predicted molar refractivity (Wildman–Crippen MR) is 116 cm³/mol. The van der Waals surface area contributed by atoms with Crippen molar-refractivity contribution in [2.75, 3.05) is 5.32 Å². The zero-order valence-corrected chi connectivity index (χ0v) is 17.2. The SMILES string of the molecule is Cc1ccc(-c2ccc(C#N)c(SC(C)C(=O)Nc3cccc(C(=O)O)c3)n2)cc1. The standard InChI is InChI=1S/C23H19N3O3S/c1-14-6-8-16(9-7-14)20-11-10-18(13-24)22(26-20)30-15(2)21(27)25-19-5-3-4-17(12-19)23(28)29/h3-12,15H,1-2H3,(H,25,27)(H,28,29). The molecule has 1 amide bonds. The zero-order valence-electron chi connectivity index (χ0n) is 16.4. The van der Waals surface area contributed by atoms with Crippen molar-refractivity contribution in [1.82, 2.24) is 4.98 Å². The average Bonchev–Trinajstić information content (AvgIpc) is 2.74. The van der Waals surface area contributed by atoms with Gasteiger partial charge in [-0.3, -0.25) is 4.79 Å². The van der Waals surface area contributed by atoms with E-state index in [-0.39, 0.29) is 11.5 Å². The Morgan fingerprint density at radius 1 is 1.13 bits per heavy atom. The van der Waals surface area contributed by atoms with E-state index >= 15 is 0 Å². The van der Waals surface area contributed by atoms with Gasteiger partial charge in [-0.2, -0.15) is 5.26 Å². The number of amides is 1. The Balaban J connectivity index is 1.79. The largest absolute Gasteiger partial charge is 0.478 e. The summed E-state index contributed by atoms with van der Waals surface area (Å²) < 4.78 is 0. The van der Waals surface area contributed by atoms with Crippen molar-refractivity contribution in [2.24, 2.45) is 0 Å². The number of aromatic nitrogens is 1. The monoisotopic (exact) mass is 417 g/mol. The van der Waals surface area contributed by atoms with E-state index < -0.39 is 11.2 Å². The molecule has 0 spiro atoms. The minimum Gasteiger partial charge on any atom is -0.478 e. The first-order valence-electron chi connectivity index (χ1n) is 9.16. The molecule has 0 bridgehead atoms. The van der Waals surface area contributed by atoms with Crippen LogP contribution in [0.15, 0.2) is 65.7 Å². The molecule has 2 aromatic carbocycles. The van der Waals surface area contributed by atoms with Crippen molar-refractivity contribution in [3.05, 3.63) is 77.4 Å². The van der Waals surface area contributed by atoms with Gasteiger partial charge in [-0.1, -0.05) is 47.7 Å². The van der Waals surface area contributed by atoms with Crippen molar-refractivity contribution in [3.8, 4) is 17.3 Å². The number of rotatable bonds is 6. The highest BCUT2D eigenvalue weighted by molar-refractivity contribution is 8.00. The van der Waals surface area contributed by atoms with E-state index in [1.807, 2.05) is 31.2 Å². The molecule has 1 unspecified atom stereocenters. The number of carbonyl (C=O) groups is 2. The average molecular weight is 417 g/mol. The van der Waals surface area contributed by atoms with Gasteiger partial charge < -0.3 is 10.4 Å². The van der Waals surface area contributed by atoms with Crippen LogP contribution in [0, 0.1) is 18.3 Å². The van der Waals surface area contributed by atoms with E-state index in [1.165, 1.54) is 23.9 Å². The summed E-state index contributed by atoms with van der Waals surface area (Å²) in [6.07, 6.45) is 0. The van der Waals surface area contributed by atoms with E-state index in [0.29, 0.717) is 16.3 Å². The number of carboxylic acids is 1. The quantitative estimate of drug-likeness (QED) is 0.561. The maximum absolute atomic E-state index is 12.6. The Kier molecular flexibility index (Phi) is 6.50. The van der Waals surface area contributed by atoms with Crippen LogP contribution >= 0.6 is 11.8 Å². The molecule has 0 aliphatic carbocycles. The Hall–Kier alpha value is -3.63. The zero-order chi connectivity index (χ0) is 21.7. The van der Waals surface area contributed by atoms with Gasteiger partial charge in [-0.15, -0.1) is 0 Å². The van der Waals surface area contributed by atoms with Gasteiger partial charge in [0.05, 0.1) is 22.1 Å². The predicted octanol–water partition coefficient (Wildman–Crippen LogP) is 4.75. The number of benzene rings is 2. The Labute approximate surface area is 178 Å². The van der Waals surface area contributed by atoms with Gasteiger partial charge in [0.2, 0.25) is 5.91 Å². The molecule has 2 N–H and O–H groups in total. The van der Waals surface area contributed by atoms with E-state index in [1.54, 1.807) is 31.2 Å².